The predicted octanol–water partition coefficient (Wildman–Crippen LogP) is 0.773. The van der Waals surface area contributed by atoms with Gasteiger partial charge in [-0.1, -0.05) is 0 Å². The van der Waals surface area contributed by atoms with Crippen LogP contribution in [0.5, 0.6) is 0 Å². The van der Waals surface area contributed by atoms with E-state index in [0.717, 1.165) is 0 Å². The Morgan fingerprint density at radius 1 is 1.26 bits per heavy atom. The molecule has 1 aliphatic rings. The highest BCUT2D eigenvalue weighted by atomic mass is 16.7. The second-order valence-corrected chi connectivity index (χ2v) is 8.38. The van der Waals surface area contributed by atoms with Gasteiger partial charge in [-0.2, -0.15) is 10.3 Å². The molecule has 1 saturated heterocycles. The maximum atomic E-state index is 12.4. The number of aromatic nitrogens is 2. The highest BCUT2D eigenvalue weighted by Gasteiger charge is 2.23. The molecule has 11 nitrogen and oxygen atoms in total. The van der Waals surface area contributed by atoms with Crippen molar-refractivity contribution in [2.24, 2.45) is 0 Å². The second-order valence-electron chi connectivity index (χ2n) is 8.38. The number of ether oxygens (including phenoxy) is 1. The first-order chi connectivity index (χ1) is 14.6. The normalized spacial score (nSPS) is 15.4. The van der Waals surface area contributed by atoms with Crippen LogP contribution in [-0.2, 0) is 14.4 Å². The minimum absolute atomic E-state index is 0.0803. The number of alkyl carbamates (subject to hydrolysis) is 1. The van der Waals surface area contributed by atoms with Crippen molar-refractivity contribution in [1.82, 2.24) is 25.2 Å². The molecule has 0 spiro atoms. The molecule has 0 aliphatic carbocycles. The molecule has 2 amide bonds. The number of amides is 2. The largest absolute Gasteiger partial charge is 0.444 e. The smallest absolute Gasteiger partial charge is 0.407 e. The Labute approximate surface area is 182 Å². The molecule has 2 heterocycles. The van der Waals surface area contributed by atoms with E-state index in [1.165, 1.54) is 17.5 Å². The summed E-state index contributed by atoms with van der Waals surface area (Å²) in [6.07, 6.45) is 2.48. The van der Waals surface area contributed by atoms with E-state index in [0.29, 0.717) is 44.2 Å². The molecule has 2 rings (SSSR count). The number of nitrogens with zero attached hydrogens (tertiary/aromatic N) is 6. The molecule has 11 heteroatoms. The van der Waals surface area contributed by atoms with Crippen LogP contribution in [-0.4, -0.2) is 90.0 Å². The van der Waals surface area contributed by atoms with Crippen molar-refractivity contribution in [3.8, 4) is 6.07 Å². The first kappa shape index (κ1) is 24.3. The van der Waals surface area contributed by atoms with E-state index in [9.17, 15) is 9.59 Å². The van der Waals surface area contributed by atoms with E-state index >= 15 is 0 Å². The van der Waals surface area contributed by atoms with Gasteiger partial charge in [-0.15, -0.1) is 0 Å². The lowest BCUT2D eigenvalue weighted by molar-refractivity contribution is -0.168. The summed E-state index contributed by atoms with van der Waals surface area (Å²) < 4.78 is 5.22. The third kappa shape index (κ3) is 8.35. The number of hydroxylamine groups is 2. The Balaban J connectivity index is 1.69. The maximum Gasteiger partial charge on any atom is 0.407 e. The lowest BCUT2D eigenvalue weighted by Crippen LogP contribution is -2.50. The SMILES string of the molecule is C[C@@H](CN(C)OCC(=O)N1CCN(c2ncc(C#N)cn2)CC1)NC(=O)OC(C)(C)C. The number of carbonyl (C=O) groups is 2. The zero-order valence-electron chi connectivity index (χ0n) is 18.8. The number of hydrogen-bond donors (Lipinski definition) is 1. The van der Waals surface area contributed by atoms with E-state index in [1.807, 2.05) is 17.9 Å². The third-order valence-corrected chi connectivity index (χ3v) is 4.39. The van der Waals surface area contributed by atoms with Gasteiger partial charge in [-0.05, 0) is 27.7 Å². The maximum absolute atomic E-state index is 12.4. The minimum Gasteiger partial charge on any atom is -0.444 e. The number of likely N-dealkylation sites (N-methyl/N-ethyl adjacent to an activating group) is 1. The van der Waals surface area contributed by atoms with Gasteiger partial charge in [0.25, 0.3) is 5.91 Å². The summed E-state index contributed by atoms with van der Waals surface area (Å²) in [5.74, 6) is 0.438. The van der Waals surface area contributed by atoms with E-state index in [-0.39, 0.29) is 18.6 Å². The minimum atomic E-state index is -0.561. The van der Waals surface area contributed by atoms with Crippen molar-refractivity contribution < 1.29 is 19.2 Å². The number of nitriles is 1. The number of anilines is 1. The van der Waals surface area contributed by atoms with Gasteiger partial charge in [0.15, 0.2) is 0 Å². The molecule has 1 N–H and O–H groups in total. The van der Waals surface area contributed by atoms with E-state index in [1.54, 1.807) is 32.7 Å². The molecule has 0 unspecified atom stereocenters. The lowest BCUT2D eigenvalue weighted by Gasteiger charge is -2.34. The van der Waals surface area contributed by atoms with Gasteiger partial charge in [0, 0.05) is 45.8 Å². The number of rotatable bonds is 7. The molecule has 1 fully saturated rings. The number of nitrogens with one attached hydrogen (secondary N) is 1. The molecule has 1 aliphatic heterocycles. The molecule has 0 bridgehead atoms. The summed E-state index contributed by atoms with van der Waals surface area (Å²) >= 11 is 0. The van der Waals surface area contributed by atoms with Crippen LogP contribution in [0.2, 0.25) is 0 Å². The fraction of sp³-hybridized carbons (Fsp3) is 0.650. The van der Waals surface area contributed by atoms with Gasteiger partial charge in [0.2, 0.25) is 5.95 Å². The van der Waals surface area contributed by atoms with Gasteiger partial charge >= 0.3 is 6.09 Å². The number of hydrogen-bond acceptors (Lipinski definition) is 9. The van der Waals surface area contributed by atoms with Crippen LogP contribution in [0.15, 0.2) is 12.4 Å². The van der Waals surface area contributed by atoms with Crippen LogP contribution in [0.25, 0.3) is 0 Å². The van der Waals surface area contributed by atoms with Crippen molar-refractivity contribution in [1.29, 1.82) is 5.26 Å². The summed E-state index contributed by atoms with van der Waals surface area (Å²) in [6.45, 7) is 9.82. The fourth-order valence-electron chi connectivity index (χ4n) is 2.95. The molecule has 0 radical (unpaired) electrons. The van der Waals surface area contributed by atoms with Gasteiger partial charge in [0.1, 0.15) is 18.3 Å². The lowest BCUT2D eigenvalue weighted by atomic mass is 10.2. The van der Waals surface area contributed by atoms with Gasteiger partial charge < -0.3 is 19.9 Å². The average Bonchev–Trinajstić information content (AvgIpc) is 2.70. The molecule has 0 aromatic carbocycles. The van der Waals surface area contributed by atoms with Crippen LogP contribution in [0, 0.1) is 11.3 Å². The van der Waals surface area contributed by atoms with Crippen molar-refractivity contribution in [2.75, 3.05) is 51.3 Å². The van der Waals surface area contributed by atoms with Crippen molar-refractivity contribution in [3.05, 3.63) is 18.0 Å². The molecule has 1 aromatic rings. The summed E-state index contributed by atoms with van der Waals surface area (Å²) in [5, 5.41) is 13.1. The third-order valence-electron chi connectivity index (χ3n) is 4.39. The summed E-state index contributed by atoms with van der Waals surface area (Å²) in [5.41, 5.74) is -0.149. The predicted molar refractivity (Wildman–Crippen MR) is 113 cm³/mol. The van der Waals surface area contributed by atoms with Crippen LogP contribution >= 0.6 is 0 Å². The van der Waals surface area contributed by atoms with Crippen molar-refractivity contribution in [3.63, 3.8) is 0 Å². The molecule has 31 heavy (non-hydrogen) atoms. The molecular formula is C20H31N7O4. The van der Waals surface area contributed by atoms with Crippen LogP contribution in [0.1, 0.15) is 33.3 Å². The zero-order chi connectivity index (χ0) is 23.0. The van der Waals surface area contributed by atoms with E-state index in [2.05, 4.69) is 15.3 Å². The summed E-state index contributed by atoms with van der Waals surface area (Å²) in [4.78, 5) is 41.9. The first-order valence-corrected chi connectivity index (χ1v) is 10.2. The molecule has 1 aromatic heterocycles. The Bertz CT molecular complexity index is 780. The Hall–Kier alpha value is -2.97. The van der Waals surface area contributed by atoms with Gasteiger partial charge in [-0.25, -0.2) is 14.8 Å². The summed E-state index contributed by atoms with van der Waals surface area (Å²) in [7, 11) is 1.71. The molecular weight excluding hydrogens is 402 g/mol. The number of carbonyl (C=O) groups excluding carboxylic acids is 2. The van der Waals surface area contributed by atoms with Gasteiger partial charge in [0.05, 0.1) is 18.0 Å². The first-order valence-electron chi connectivity index (χ1n) is 10.2. The average molecular weight is 434 g/mol. The molecule has 1 atom stereocenters. The quantitative estimate of drug-likeness (QED) is 0.621. The topological polar surface area (TPSA) is 124 Å². The Morgan fingerprint density at radius 2 is 1.87 bits per heavy atom. The monoisotopic (exact) mass is 433 g/mol. The Kier molecular flexibility index (Phi) is 8.53. The van der Waals surface area contributed by atoms with Crippen molar-refractivity contribution >= 4 is 17.9 Å². The second kappa shape index (κ2) is 10.9. The van der Waals surface area contributed by atoms with Gasteiger partial charge in [-0.3, -0.25) is 9.63 Å². The standard InChI is InChI=1S/C20H31N7O4/c1-15(24-19(29)31-20(2,3)4)13-25(5)30-14-17(28)26-6-8-27(9-7-26)18-22-11-16(10-21)12-23-18/h11-12,15H,6-9,13-14H2,1-5H3,(H,24,29)/t15-/m0/s1. The molecule has 170 valence electrons. The zero-order valence-corrected chi connectivity index (χ0v) is 18.8. The highest BCUT2D eigenvalue weighted by molar-refractivity contribution is 5.77. The van der Waals surface area contributed by atoms with Crippen LogP contribution in [0.4, 0.5) is 10.7 Å². The van der Waals surface area contributed by atoms with Crippen LogP contribution in [0.3, 0.4) is 0 Å². The van der Waals surface area contributed by atoms with E-state index in [4.69, 9.17) is 14.8 Å². The number of piperazine rings is 1. The summed E-state index contributed by atoms with van der Waals surface area (Å²) in [6, 6.07) is 1.77. The van der Waals surface area contributed by atoms with Crippen molar-refractivity contribution in [2.45, 2.75) is 39.3 Å². The van der Waals surface area contributed by atoms with Crippen LogP contribution < -0.4 is 10.2 Å². The fourth-order valence-corrected chi connectivity index (χ4v) is 2.95. The highest BCUT2D eigenvalue weighted by Crippen LogP contribution is 2.11. The molecule has 0 saturated carbocycles. The van der Waals surface area contributed by atoms with E-state index < -0.39 is 11.7 Å². The Morgan fingerprint density at radius 3 is 2.42 bits per heavy atom.